The number of epoxide rings is 1. The molecule has 1 heterocycles. The van der Waals surface area contributed by atoms with Crippen LogP contribution < -0.4 is 14.2 Å². The Hall–Kier alpha value is -3.97. The number of methoxy groups -OCH3 is 2. The molecule has 0 amide bonds. The molecule has 0 saturated carbocycles. The van der Waals surface area contributed by atoms with Crippen LogP contribution in [0.1, 0.15) is 44.7 Å². The molecular formula is C31H34O7. The summed E-state index contributed by atoms with van der Waals surface area (Å²) in [4.78, 5) is 12.2. The van der Waals surface area contributed by atoms with E-state index in [4.69, 9.17) is 18.9 Å². The number of phenols is 1. The summed E-state index contributed by atoms with van der Waals surface area (Å²) in [6, 6.07) is 10.2. The Balaban J connectivity index is 1.43. The Morgan fingerprint density at radius 3 is 2.29 bits per heavy atom. The summed E-state index contributed by atoms with van der Waals surface area (Å²) >= 11 is 0. The van der Waals surface area contributed by atoms with E-state index in [9.17, 15) is 15.0 Å². The average Bonchev–Trinajstić information content (AvgIpc) is 3.45. The van der Waals surface area contributed by atoms with Crippen LogP contribution in [0, 0.1) is 0 Å². The molecule has 2 N–H and O–H groups in total. The van der Waals surface area contributed by atoms with E-state index < -0.39 is 5.78 Å². The van der Waals surface area contributed by atoms with Crippen molar-refractivity contribution >= 4 is 17.9 Å². The number of carbonyl (C=O) groups is 1. The highest BCUT2D eigenvalue weighted by atomic mass is 16.7. The summed E-state index contributed by atoms with van der Waals surface area (Å²) in [6.07, 6.45) is 11.0. The molecule has 0 aromatic heterocycles. The van der Waals surface area contributed by atoms with Gasteiger partial charge in [0, 0.05) is 6.08 Å². The largest absolute Gasteiger partial charge is 0.508 e. The average molecular weight is 519 g/mol. The summed E-state index contributed by atoms with van der Waals surface area (Å²) in [5.41, 5.74) is 2.15. The van der Waals surface area contributed by atoms with Crippen LogP contribution in [0.2, 0.25) is 0 Å². The Bertz CT molecular complexity index is 1330. The zero-order chi connectivity index (χ0) is 27.5. The molecule has 2 aromatic carbocycles. The first-order valence-electron chi connectivity index (χ1n) is 12.5. The van der Waals surface area contributed by atoms with Crippen molar-refractivity contribution in [3.05, 3.63) is 83.2 Å². The quantitative estimate of drug-likeness (QED) is 0.134. The first-order chi connectivity index (χ1) is 18.1. The normalized spacial score (nSPS) is 22.5. The van der Waals surface area contributed by atoms with Crippen LogP contribution >= 0.6 is 0 Å². The van der Waals surface area contributed by atoms with Crippen LogP contribution in [-0.4, -0.2) is 47.5 Å². The molecule has 2 aromatic rings. The van der Waals surface area contributed by atoms with Gasteiger partial charge in [-0.25, -0.2) is 0 Å². The number of hydrogen-bond acceptors (Lipinski definition) is 7. The third-order valence-electron chi connectivity index (χ3n) is 7.02. The number of rotatable bonds is 9. The van der Waals surface area contributed by atoms with Gasteiger partial charge in [-0.15, -0.1) is 0 Å². The van der Waals surface area contributed by atoms with Gasteiger partial charge in [-0.05, 0) is 87.2 Å². The van der Waals surface area contributed by atoms with Crippen LogP contribution in [0.3, 0.4) is 0 Å². The van der Waals surface area contributed by atoms with E-state index >= 15 is 0 Å². The molecule has 4 rings (SSSR count). The predicted octanol–water partition coefficient (Wildman–Crippen LogP) is 6.18. The zero-order valence-corrected chi connectivity index (χ0v) is 22.4. The maximum Gasteiger partial charge on any atom is 0.182 e. The highest BCUT2D eigenvalue weighted by Gasteiger charge is 2.68. The second-order valence-corrected chi connectivity index (χ2v) is 10.0. The summed E-state index contributed by atoms with van der Waals surface area (Å²) in [6.45, 7) is 6.29. The van der Waals surface area contributed by atoms with Crippen molar-refractivity contribution in [2.24, 2.45) is 0 Å². The third-order valence-corrected chi connectivity index (χ3v) is 7.02. The smallest absolute Gasteiger partial charge is 0.182 e. The molecule has 1 aliphatic heterocycles. The molecule has 7 heteroatoms. The Morgan fingerprint density at radius 1 is 1.00 bits per heavy atom. The molecule has 1 aliphatic carbocycles. The Morgan fingerprint density at radius 2 is 1.63 bits per heavy atom. The molecule has 0 unspecified atom stereocenters. The van der Waals surface area contributed by atoms with Gasteiger partial charge in [-0.1, -0.05) is 29.9 Å². The number of ether oxygens (including phenoxy) is 4. The minimum Gasteiger partial charge on any atom is -0.508 e. The van der Waals surface area contributed by atoms with Crippen molar-refractivity contribution < 1.29 is 34.0 Å². The molecule has 0 bridgehead atoms. The second-order valence-electron chi connectivity index (χ2n) is 10.0. The molecule has 2 atom stereocenters. The third kappa shape index (κ3) is 5.78. The van der Waals surface area contributed by atoms with Gasteiger partial charge in [0.15, 0.2) is 28.8 Å². The number of allylic oxidation sites excluding steroid dienone is 4. The Labute approximate surface area is 223 Å². The number of benzene rings is 2. The van der Waals surface area contributed by atoms with E-state index in [1.165, 1.54) is 30.9 Å². The minimum absolute atomic E-state index is 0.0144. The van der Waals surface area contributed by atoms with E-state index in [1.54, 1.807) is 31.4 Å². The van der Waals surface area contributed by atoms with Crippen LogP contribution in [-0.2, 0) is 9.53 Å². The molecule has 1 saturated heterocycles. The van der Waals surface area contributed by atoms with Gasteiger partial charge in [0.1, 0.15) is 17.5 Å². The number of aromatic hydroxyl groups is 1. The summed E-state index contributed by atoms with van der Waals surface area (Å²) in [5, 5.41) is 19.9. The van der Waals surface area contributed by atoms with Gasteiger partial charge < -0.3 is 29.2 Å². The van der Waals surface area contributed by atoms with Gasteiger partial charge >= 0.3 is 0 Å². The lowest BCUT2D eigenvalue weighted by Crippen LogP contribution is -2.40. The van der Waals surface area contributed by atoms with Crippen LogP contribution in [0.5, 0.6) is 23.0 Å². The second kappa shape index (κ2) is 10.8. The fourth-order valence-electron chi connectivity index (χ4n) is 4.74. The number of aliphatic hydroxyl groups excluding tert-OH is 1. The Kier molecular flexibility index (Phi) is 7.69. The number of hydrogen-bond donors (Lipinski definition) is 2. The number of ketones is 1. The number of carbonyl (C=O) groups excluding carboxylic acids is 1. The molecule has 1 spiro atoms. The lowest BCUT2D eigenvalue weighted by atomic mass is 9.80. The monoisotopic (exact) mass is 518 g/mol. The van der Waals surface area contributed by atoms with Crippen LogP contribution in [0.4, 0.5) is 0 Å². The summed E-state index contributed by atoms with van der Waals surface area (Å²) < 4.78 is 23.1. The molecule has 0 radical (unpaired) electrons. The topological polar surface area (TPSA) is 97.8 Å². The zero-order valence-electron chi connectivity index (χ0n) is 22.4. The highest BCUT2D eigenvalue weighted by Crippen LogP contribution is 2.56. The molecule has 38 heavy (non-hydrogen) atoms. The van der Waals surface area contributed by atoms with E-state index in [0.717, 1.165) is 24.5 Å². The van der Waals surface area contributed by atoms with E-state index in [2.05, 4.69) is 26.8 Å². The first kappa shape index (κ1) is 27.1. The van der Waals surface area contributed by atoms with E-state index in [-0.39, 0.29) is 28.8 Å². The van der Waals surface area contributed by atoms with Crippen molar-refractivity contribution in [3.63, 3.8) is 0 Å². The lowest BCUT2D eigenvalue weighted by Gasteiger charge is -2.30. The number of phenolic OH excluding ortho intramolecular Hbond substituents is 1. The fraction of sp³-hybridized carbons (Fsp3) is 0.323. The maximum absolute atomic E-state index is 12.2. The van der Waals surface area contributed by atoms with E-state index in [1.807, 2.05) is 18.2 Å². The predicted molar refractivity (Wildman–Crippen MR) is 147 cm³/mol. The number of aliphatic hydroxyl groups is 1. The first-order valence-corrected chi connectivity index (χ1v) is 12.5. The van der Waals surface area contributed by atoms with Crippen molar-refractivity contribution in [2.75, 3.05) is 14.2 Å². The molecule has 200 valence electrons. The highest BCUT2D eigenvalue weighted by molar-refractivity contribution is 6.02. The molecule has 1 fully saturated rings. The van der Waals surface area contributed by atoms with E-state index in [0.29, 0.717) is 22.8 Å². The van der Waals surface area contributed by atoms with Gasteiger partial charge in [0.2, 0.25) is 0 Å². The van der Waals surface area contributed by atoms with Crippen molar-refractivity contribution in [3.8, 4) is 23.0 Å². The van der Waals surface area contributed by atoms with Gasteiger partial charge in [-0.2, -0.15) is 0 Å². The van der Waals surface area contributed by atoms with Crippen LogP contribution in [0.15, 0.2) is 72.0 Å². The molecule has 2 aliphatic rings. The molecular weight excluding hydrogens is 484 g/mol. The van der Waals surface area contributed by atoms with Gasteiger partial charge in [0.05, 0.1) is 19.8 Å². The summed E-state index contributed by atoms with van der Waals surface area (Å²) in [7, 11) is 3.03. The lowest BCUT2D eigenvalue weighted by molar-refractivity contribution is -0.110. The van der Waals surface area contributed by atoms with Crippen molar-refractivity contribution in [2.45, 2.75) is 50.9 Å². The molecule has 7 nitrogen and oxygen atoms in total. The van der Waals surface area contributed by atoms with Gasteiger partial charge in [-0.3, -0.25) is 4.79 Å². The maximum atomic E-state index is 12.2. The summed E-state index contributed by atoms with van der Waals surface area (Å²) in [5.74, 6) is 0.903. The standard InChI is InChI=1S/C31H34O7/c1-20-14-15-31(30(2,3)38-31)29(16-20)37-26-13-9-22(18-28(26)36-5)7-11-24(33)19-23(32)10-6-21-8-12-25(34)27(17-21)35-4/h6-13,16-19,29,33-34H,14-15H2,1-5H3/b10-6+,11-7+,24-19-/t29-,31+/m0/s1. The SMILES string of the molecule is COc1cc(/C=C/C(=O)/C=C(O)/C=C/c2ccc(O[C@H]3C=C(C)CC[C@@]34OC4(C)C)c(OC)c2)ccc1O. The fourth-order valence-corrected chi connectivity index (χ4v) is 4.74. The van der Waals surface area contributed by atoms with Crippen molar-refractivity contribution in [1.82, 2.24) is 0 Å². The van der Waals surface area contributed by atoms with Crippen LogP contribution in [0.25, 0.3) is 12.2 Å². The van der Waals surface area contributed by atoms with Gasteiger partial charge in [0.25, 0.3) is 0 Å². The minimum atomic E-state index is -0.393. The van der Waals surface area contributed by atoms with Crippen molar-refractivity contribution in [1.29, 1.82) is 0 Å².